The highest BCUT2D eigenvalue weighted by Crippen LogP contribution is 2.22. The molecule has 2 rings (SSSR count). The van der Waals surface area contributed by atoms with Crippen LogP contribution >= 0.6 is 22.9 Å². The van der Waals surface area contributed by atoms with Crippen LogP contribution in [0.15, 0.2) is 12.1 Å². The van der Waals surface area contributed by atoms with Crippen molar-refractivity contribution < 1.29 is 0 Å². The van der Waals surface area contributed by atoms with Crippen LogP contribution in [-0.2, 0) is 12.8 Å². The summed E-state index contributed by atoms with van der Waals surface area (Å²) >= 11 is 8.00. The van der Waals surface area contributed by atoms with Crippen molar-refractivity contribution in [1.29, 1.82) is 0 Å². The zero-order chi connectivity index (χ0) is 14.7. The van der Waals surface area contributed by atoms with Crippen molar-refractivity contribution in [2.75, 3.05) is 5.32 Å². The van der Waals surface area contributed by atoms with Gasteiger partial charge in [-0.25, -0.2) is 9.97 Å². The van der Waals surface area contributed by atoms with E-state index in [9.17, 15) is 0 Å². The molecule has 2 heterocycles. The average Bonchev–Trinajstić information content (AvgIpc) is 2.79. The Bertz CT molecular complexity index is 595. The maximum absolute atomic E-state index is 6.16. The molecule has 0 aliphatic heterocycles. The highest BCUT2D eigenvalue weighted by molar-refractivity contribution is 7.11. The Kier molecular flexibility index (Phi) is 5.00. The molecular weight excluding hydrogens is 290 g/mol. The SMILES string of the molecule is CCc1nc(Cl)c(C)c(NC(C)Cc2ccc(C)s2)n1. The number of halogens is 1. The monoisotopic (exact) mass is 309 g/mol. The summed E-state index contributed by atoms with van der Waals surface area (Å²) in [6.07, 6.45) is 1.77. The van der Waals surface area contributed by atoms with E-state index in [4.69, 9.17) is 11.6 Å². The first kappa shape index (κ1) is 15.3. The van der Waals surface area contributed by atoms with E-state index >= 15 is 0 Å². The predicted molar refractivity (Wildman–Crippen MR) is 87.0 cm³/mol. The first-order chi connectivity index (χ1) is 9.49. The Labute approximate surface area is 129 Å². The summed E-state index contributed by atoms with van der Waals surface area (Å²) in [7, 11) is 0. The highest BCUT2D eigenvalue weighted by atomic mass is 35.5. The van der Waals surface area contributed by atoms with E-state index in [-0.39, 0.29) is 0 Å². The summed E-state index contributed by atoms with van der Waals surface area (Å²) in [5.41, 5.74) is 0.915. The second-order valence-corrected chi connectivity index (χ2v) is 6.75. The molecule has 2 aromatic rings. The number of rotatable bonds is 5. The van der Waals surface area contributed by atoms with Crippen LogP contribution in [0.1, 0.15) is 35.0 Å². The topological polar surface area (TPSA) is 37.8 Å². The molecule has 1 N–H and O–H groups in total. The smallest absolute Gasteiger partial charge is 0.137 e. The van der Waals surface area contributed by atoms with E-state index in [1.54, 1.807) is 0 Å². The average molecular weight is 310 g/mol. The van der Waals surface area contributed by atoms with Crippen molar-refractivity contribution in [3.05, 3.63) is 38.4 Å². The summed E-state index contributed by atoms with van der Waals surface area (Å²) in [4.78, 5) is 11.5. The zero-order valence-corrected chi connectivity index (χ0v) is 13.9. The largest absolute Gasteiger partial charge is 0.367 e. The van der Waals surface area contributed by atoms with Crippen molar-refractivity contribution in [2.45, 2.75) is 46.6 Å². The van der Waals surface area contributed by atoms with Crippen molar-refractivity contribution in [1.82, 2.24) is 9.97 Å². The lowest BCUT2D eigenvalue weighted by atomic mass is 10.2. The molecule has 108 valence electrons. The molecule has 1 atom stereocenters. The third-order valence-electron chi connectivity index (χ3n) is 3.14. The van der Waals surface area contributed by atoms with E-state index in [0.717, 1.165) is 30.0 Å². The zero-order valence-electron chi connectivity index (χ0n) is 12.3. The molecule has 0 radical (unpaired) electrons. The predicted octanol–water partition coefficient (Wildman–Crippen LogP) is 4.41. The number of hydrogen-bond acceptors (Lipinski definition) is 4. The Morgan fingerprint density at radius 2 is 2.05 bits per heavy atom. The molecular formula is C15H20ClN3S. The second kappa shape index (κ2) is 6.55. The van der Waals surface area contributed by atoms with E-state index in [1.165, 1.54) is 9.75 Å². The van der Waals surface area contributed by atoms with Gasteiger partial charge in [-0.15, -0.1) is 11.3 Å². The Morgan fingerprint density at radius 3 is 2.65 bits per heavy atom. The minimum Gasteiger partial charge on any atom is -0.367 e. The molecule has 20 heavy (non-hydrogen) atoms. The molecule has 1 unspecified atom stereocenters. The van der Waals surface area contributed by atoms with Gasteiger partial charge in [-0.2, -0.15) is 0 Å². The third kappa shape index (κ3) is 3.70. The molecule has 0 spiro atoms. The van der Waals surface area contributed by atoms with Gasteiger partial charge in [-0.05, 0) is 32.9 Å². The molecule has 0 saturated heterocycles. The quantitative estimate of drug-likeness (QED) is 0.831. The van der Waals surface area contributed by atoms with Gasteiger partial charge in [0.15, 0.2) is 0 Å². The van der Waals surface area contributed by atoms with Crippen LogP contribution in [0.4, 0.5) is 5.82 Å². The molecule has 0 amide bonds. The van der Waals surface area contributed by atoms with Gasteiger partial charge < -0.3 is 5.32 Å². The lowest BCUT2D eigenvalue weighted by molar-refractivity contribution is 0.786. The number of hydrogen-bond donors (Lipinski definition) is 1. The normalized spacial score (nSPS) is 12.4. The Hall–Kier alpha value is -1.13. The molecule has 0 bridgehead atoms. The van der Waals surface area contributed by atoms with E-state index < -0.39 is 0 Å². The Balaban J connectivity index is 2.10. The fourth-order valence-electron chi connectivity index (χ4n) is 2.01. The molecule has 2 aromatic heterocycles. The maximum atomic E-state index is 6.16. The molecule has 0 aliphatic rings. The van der Waals surface area contributed by atoms with E-state index in [1.807, 2.05) is 25.2 Å². The van der Waals surface area contributed by atoms with Crippen molar-refractivity contribution in [3.63, 3.8) is 0 Å². The van der Waals surface area contributed by atoms with E-state index in [0.29, 0.717) is 11.2 Å². The van der Waals surface area contributed by atoms with Gasteiger partial charge in [0.1, 0.15) is 16.8 Å². The summed E-state index contributed by atoms with van der Waals surface area (Å²) in [6, 6.07) is 4.66. The summed E-state index contributed by atoms with van der Waals surface area (Å²) in [5.74, 6) is 1.63. The van der Waals surface area contributed by atoms with Gasteiger partial charge in [0.25, 0.3) is 0 Å². The lowest BCUT2D eigenvalue weighted by Gasteiger charge is -2.16. The standard InChI is InChI=1S/C15H20ClN3S/c1-5-13-18-14(16)11(4)15(19-13)17-9(2)8-12-7-6-10(3)20-12/h6-7,9H,5,8H2,1-4H3,(H,17,18,19). The molecule has 3 nitrogen and oxygen atoms in total. The minimum absolute atomic E-state index is 0.308. The summed E-state index contributed by atoms with van der Waals surface area (Å²) < 4.78 is 0. The van der Waals surface area contributed by atoms with Crippen LogP contribution in [0.2, 0.25) is 5.15 Å². The lowest BCUT2D eigenvalue weighted by Crippen LogP contribution is -2.20. The number of aryl methyl sites for hydroxylation is 2. The number of thiophene rings is 1. The number of nitrogens with zero attached hydrogens (tertiary/aromatic N) is 2. The van der Waals surface area contributed by atoms with Gasteiger partial charge in [0.2, 0.25) is 0 Å². The fraction of sp³-hybridized carbons (Fsp3) is 0.467. The maximum Gasteiger partial charge on any atom is 0.137 e. The van der Waals surface area contributed by atoms with Gasteiger partial charge >= 0.3 is 0 Å². The fourth-order valence-corrected chi connectivity index (χ4v) is 3.22. The van der Waals surface area contributed by atoms with Gasteiger partial charge in [0.05, 0.1) is 0 Å². The van der Waals surface area contributed by atoms with Gasteiger partial charge in [-0.1, -0.05) is 18.5 Å². The van der Waals surface area contributed by atoms with Crippen LogP contribution in [0.25, 0.3) is 0 Å². The molecule has 0 saturated carbocycles. The van der Waals surface area contributed by atoms with Crippen LogP contribution in [0, 0.1) is 13.8 Å². The van der Waals surface area contributed by atoms with Crippen molar-refractivity contribution >= 4 is 28.8 Å². The van der Waals surface area contributed by atoms with Crippen LogP contribution in [0.5, 0.6) is 0 Å². The van der Waals surface area contributed by atoms with Crippen molar-refractivity contribution in [3.8, 4) is 0 Å². The van der Waals surface area contributed by atoms with Crippen LogP contribution < -0.4 is 5.32 Å². The summed E-state index contributed by atoms with van der Waals surface area (Å²) in [6.45, 7) is 8.28. The van der Waals surface area contributed by atoms with Gasteiger partial charge in [-0.3, -0.25) is 0 Å². The van der Waals surface area contributed by atoms with Crippen LogP contribution in [0.3, 0.4) is 0 Å². The number of nitrogens with one attached hydrogen (secondary N) is 1. The Morgan fingerprint density at radius 1 is 1.30 bits per heavy atom. The van der Waals surface area contributed by atoms with Gasteiger partial charge in [0, 0.05) is 34.2 Å². The first-order valence-electron chi connectivity index (χ1n) is 6.84. The second-order valence-electron chi connectivity index (χ2n) is 5.02. The number of anilines is 1. The molecule has 5 heteroatoms. The van der Waals surface area contributed by atoms with E-state index in [2.05, 4.69) is 41.3 Å². The minimum atomic E-state index is 0.308. The van der Waals surface area contributed by atoms with Crippen molar-refractivity contribution in [2.24, 2.45) is 0 Å². The molecule has 0 aliphatic carbocycles. The third-order valence-corrected chi connectivity index (χ3v) is 4.53. The molecule has 0 aromatic carbocycles. The summed E-state index contributed by atoms with van der Waals surface area (Å²) in [5, 5.41) is 3.99. The molecule has 0 fully saturated rings. The van der Waals surface area contributed by atoms with Crippen LogP contribution in [-0.4, -0.2) is 16.0 Å². The highest BCUT2D eigenvalue weighted by Gasteiger charge is 2.12. The first-order valence-corrected chi connectivity index (χ1v) is 8.04. The number of aromatic nitrogens is 2.